The first-order chi connectivity index (χ1) is 7.72. The van der Waals surface area contributed by atoms with Crippen molar-refractivity contribution < 1.29 is 5.11 Å². The first-order valence-corrected chi connectivity index (χ1v) is 6.78. The monoisotopic (exact) mass is 237 g/mol. The molecular formula is C13H19NOS. The van der Waals surface area contributed by atoms with E-state index in [1.54, 1.807) is 0 Å². The first kappa shape index (κ1) is 11.8. The van der Waals surface area contributed by atoms with Gasteiger partial charge in [-0.25, -0.2) is 0 Å². The van der Waals surface area contributed by atoms with E-state index in [1.807, 2.05) is 11.8 Å². The summed E-state index contributed by atoms with van der Waals surface area (Å²) in [7, 11) is 2.17. The summed E-state index contributed by atoms with van der Waals surface area (Å²) in [6.07, 6.45) is 1.98. The molecule has 2 nitrogen and oxygen atoms in total. The van der Waals surface area contributed by atoms with Gasteiger partial charge in [0.15, 0.2) is 0 Å². The Bertz CT molecular complexity index is 367. The Kier molecular flexibility index (Phi) is 3.77. The third-order valence-electron chi connectivity index (χ3n) is 3.17. The van der Waals surface area contributed by atoms with Gasteiger partial charge in [0, 0.05) is 30.3 Å². The first-order valence-electron chi connectivity index (χ1n) is 5.79. The Balaban J connectivity index is 2.17. The second-order valence-corrected chi connectivity index (χ2v) is 5.47. The summed E-state index contributed by atoms with van der Waals surface area (Å²) in [6.45, 7) is 2.44. The van der Waals surface area contributed by atoms with Gasteiger partial charge in [-0.15, -0.1) is 11.8 Å². The van der Waals surface area contributed by atoms with E-state index in [1.165, 1.54) is 16.1 Å². The molecule has 0 bridgehead atoms. The van der Waals surface area contributed by atoms with Crippen LogP contribution in [0.1, 0.15) is 18.4 Å². The molecule has 0 fully saturated rings. The van der Waals surface area contributed by atoms with Crippen LogP contribution < -0.4 is 4.90 Å². The van der Waals surface area contributed by atoms with Gasteiger partial charge >= 0.3 is 0 Å². The van der Waals surface area contributed by atoms with Gasteiger partial charge < -0.3 is 10.0 Å². The van der Waals surface area contributed by atoms with Crippen LogP contribution in [0.3, 0.4) is 0 Å². The zero-order valence-corrected chi connectivity index (χ0v) is 10.8. The van der Waals surface area contributed by atoms with Gasteiger partial charge in [0.05, 0.1) is 5.69 Å². The number of benzene rings is 1. The van der Waals surface area contributed by atoms with Crippen LogP contribution in [-0.2, 0) is 0 Å². The molecule has 1 heterocycles. The molecule has 0 amide bonds. The van der Waals surface area contributed by atoms with Crippen molar-refractivity contribution in [3.8, 4) is 0 Å². The second-order valence-electron chi connectivity index (χ2n) is 4.41. The largest absolute Gasteiger partial charge is 0.396 e. The second kappa shape index (κ2) is 5.11. The van der Waals surface area contributed by atoms with E-state index in [-0.39, 0.29) is 0 Å². The Hall–Kier alpha value is -0.670. The predicted octanol–water partition coefficient (Wildman–Crippen LogP) is 2.68. The maximum absolute atomic E-state index is 8.90. The summed E-state index contributed by atoms with van der Waals surface area (Å²) in [5.74, 6) is 1.13. The lowest BCUT2D eigenvalue weighted by Crippen LogP contribution is -2.36. The number of thioether (sulfide) groups is 1. The van der Waals surface area contributed by atoms with E-state index in [0.29, 0.717) is 12.6 Å². The lowest BCUT2D eigenvalue weighted by atomic mass is 10.1. The molecule has 0 spiro atoms. The number of aryl methyl sites for hydroxylation is 1. The zero-order valence-electron chi connectivity index (χ0n) is 9.94. The minimum absolute atomic E-state index is 0.301. The highest BCUT2D eigenvalue weighted by molar-refractivity contribution is 7.99. The minimum Gasteiger partial charge on any atom is -0.396 e. The van der Waals surface area contributed by atoms with E-state index in [2.05, 4.69) is 37.1 Å². The number of anilines is 1. The Morgan fingerprint density at radius 1 is 1.50 bits per heavy atom. The predicted molar refractivity (Wildman–Crippen MR) is 70.4 cm³/mol. The van der Waals surface area contributed by atoms with Crippen LogP contribution in [0.15, 0.2) is 23.1 Å². The molecule has 2 rings (SSSR count). The summed E-state index contributed by atoms with van der Waals surface area (Å²) >= 11 is 1.94. The van der Waals surface area contributed by atoms with Gasteiger partial charge in [-0.1, -0.05) is 6.07 Å². The van der Waals surface area contributed by atoms with Crippen LogP contribution >= 0.6 is 11.8 Å². The normalized spacial score (nSPS) is 19.7. The van der Waals surface area contributed by atoms with Crippen molar-refractivity contribution in [2.75, 3.05) is 24.3 Å². The molecule has 1 aromatic carbocycles. The molecule has 1 aliphatic rings. The third kappa shape index (κ3) is 2.36. The van der Waals surface area contributed by atoms with E-state index in [4.69, 9.17) is 5.11 Å². The Morgan fingerprint density at radius 3 is 3.06 bits per heavy atom. The molecule has 88 valence electrons. The van der Waals surface area contributed by atoms with E-state index in [9.17, 15) is 0 Å². The Morgan fingerprint density at radius 2 is 2.31 bits per heavy atom. The van der Waals surface area contributed by atoms with Gasteiger partial charge in [-0.05, 0) is 37.5 Å². The van der Waals surface area contributed by atoms with Crippen LogP contribution in [0.4, 0.5) is 5.69 Å². The number of hydrogen-bond donors (Lipinski definition) is 1. The maximum atomic E-state index is 8.90. The zero-order chi connectivity index (χ0) is 11.5. The lowest BCUT2D eigenvalue weighted by Gasteiger charge is -2.35. The Labute approximate surface area is 102 Å². The number of hydrogen-bond acceptors (Lipinski definition) is 3. The molecule has 1 aromatic rings. The van der Waals surface area contributed by atoms with Gasteiger partial charge in [-0.3, -0.25) is 0 Å². The van der Waals surface area contributed by atoms with E-state index in [0.717, 1.165) is 18.6 Å². The van der Waals surface area contributed by atoms with Crippen molar-refractivity contribution >= 4 is 17.4 Å². The summed E-state index contributed by atoms with van der Waals surface area (Å²) in [6, 6.07) is 7.21. The summed E-state index contributed by atoms with van der Waals surface area (Å²) in [4.78, 5) is 3.75. The van der Waals surface area contributed by atoms with Crippen LogP contribution in [-0.4, -0.2) is 30.6 Å². The molecule has 1 N–H and O–H groups in total. The van der Waals surface area contributed by atoms with E-state index < -0.39 is 0 Å². The fourth-order valence-corrected chi connectivity index (χ4v) is 3.40. The number of rotatable bonds is 3. The van der Waals surface area contributed by atoms with Crippen LogP contribution in [0.5, 0.6) is 0 Å². The number of nitrogens with zero attached hydrogens (tertiary/aromatic N) is 1. The fourth-order valence-electron chi connectivity index (χ4n) is 2.12. The van der Waals surface area contributed by atoms with Crippen molar-refractivity contribution in [3.05, 3.63) is 23.8 Å². The highest BCUT2D eigenvalue weighted by Gasteiger charge is 2.23. The smallest absolute Gasteiger partial charge is 0.0507 e. The third-order valence-corrected chi connectivity index (χ3v) is 4.38. The highest BCUT2D eigenvalue weighted by Crippen LogP contribution is 2.38. The topological polar surface area (TPSA) is 23.5 Å². The summed E-state index contributed by atoms with van der Waals surface area (Å²) < 4.78 is 0. The van der Waals surface area contributed by atoms with Gasteiger partial charge in [0.2, 0.25) is 0 Å². The minimum atomic E-state index is 0.301. The van der Waals surface area contributed by atoms with Crippen molar-refractivity contribution in [1.82, 2.24) is 0 Å². The highest BCUT2D eigenvalue weighted by atomic mass is 32.2. The molecule has 16 heavy (non-hydrogen) atoms. The number of fused-ring (bicyclic) bond motifs is 1. The molecule has 0 radical (unpaired) electrons. The lowest BCUT2D eigenvalue weighted by molar-refractivity contribution is 0.280. The molecule has 3 heteroatoms. The van der Waals surface area contributed by atoms with Crippen LogP contribution in [0.25, 0.3) is 0 Å². The molecule has 1 unspecified atom stereocenters. The molecule has 0 saturated heterocycles. The summed E-state index contributed by atoms with van der Waals surface area (Å²) in [5.41, 5.74) is 2.66. The summed E-state index contributed by atoms with van der Waals surface area (Å²) in [5, 5.41) is 8.90. The molecule has 0 aromatic heterocycles. The maximum Gasteiger partial charge on any atom is 0.0507 e. The van der Waals surface area contributed by atoms with Gasteiger partial charge in [0.1, 0.15) is 0 Å². The number of aliphatic hydroxyl groups is 1. The van der Waals surface area contributed by atoms with Gasteiger partial charge in [0.25, 0.3) is 0 Å². The molecule has 0 aliphatic carbocycles. The number of aliphatic hydroxyl groups excluding tert-OH is 1. The quantitative estimate of drug-likeness (QED) is 0.874. The molecule has 1 aliphatic heterocycles. The fraction of sp³-hybridized carbons (Fsp3) is 0.538. The van der Waals surface area contributed by atoms with Crippen molar-refractivity contribution in [2.45, 2.75) is 30.7 Å². The van der Waals surface area contributed by atoms with Crippen molar-refractivity contribution in [3.63, 3.8) is 0 Å². The SMILES string of the molecule is Cc1ccc2c(c1)N(C)C(CCCO)CS2. The molecule has 0 saturated carbocycles. The standard InChI is InChI=1S/C13H19NOS/c1-10-5-6-13-12(8-10)14(2)11(9-16-13)4-3-7-15/h5-6,8,11,15H,3-4,7,9H2,1-2H3. The van der Waals surface area contributed by atoms with Crippen molar-refractivity contribution in [2.24, 2.45) is 0 Å². The molecule has 1 atom stereocenters. The van der Waals surface area contributed by atoms with Crippen LogP contribution in [0, 0.1) is 6.92 Å². The van der Waals surface area contributed by atoms with E-state index >= 15 is 0 Å². The van der Waals surface area contributed by atoms with Gasteiger partial charge in [-0.2, -0.15) is 0 Å². The average Bonchev–Trinajstić information content (AvgIpc) is 2.29. The average molecular weight is 237 g/mol. The molecular weight excluding hydrogens is 218 g/mol. The van der Waals surface area contributed by atoms with Crippen molar-refractivity contribution in [1.29, 1.82) is 0 Å². The van der Waals surface area contributed by atoms with Crippen LogP contribution in [0.2, 0.25) is 0 Å².